The maximum absolute atomic E-state index is 13.8. The highest BCUT2D eigenvalue weighted by molar-refractivity contribution is 6.31. The molecule has 2 aromatic rings. The van der Waals surface area contributed by atoms with Crippen molar-refractivity contribution in [3.05, 3.63) is 70.0 Å². The van der Waals surface area contributed by atoms with Crippen molar-refractivity contribution >= 4 is 17.6 Å². The second-order valence-electron chi connectivity index (χ2n) is 4.65. The van der Waals surface area contributed by atoms with Gasteiger partial charge >= 0.3 is 5.97 Å². The summed E-state index contributed by atoms with van der Waals surface area (Å²) in [5.74, 6) is -2.28. The molecule has 0 aliphatic heterocycles. The molecule has 0 radical (unpaired) electrons. The number of benzene rings is 2. The van der Waals surface area contributed by atoms with Gasteiger partial charge in [0.2, 0.25) is 0 Å². The number of carbonyl (C=O) groups is 1. The fourth-order valence-electron chi connectivity index (χ4n) is 2.24. The molecule has 2 aromatic carbocycles. The Bertz CT molecular complexity index is 620. The van der Waals surface area contributed by atoms with Crippen LogP contribution >= 0.6 is 11.6 Å². The van der Waals surface area contributed by atoms with Crippen molar-refractivity contribution in [3.63, 3.8) is 0 Å². The van der Waals surface area contributed by atoms with Gasteiger partial charge in [0.25, 0.3) is 0 Å². The summed E-state index contributed by atoms with van der Waals surface area (Å²) in [6.45, 7) is 1.84. The lowest BCUT2D eigenvalue weighted by Crippen LogP contribution is -2.16. The molecule has 0 fully saturated rings. The number of carboxylic acid groups (broad SMARTS) is 1. The van der Waals surface area contributed by atoms with Crippen molar-refractivity contribution in [2.24, 2.45) is 0 Å². The Hall–Kier alpha value is -1.87. The van der Waals surface area contributed by atoms with E-state index in [4.69, 9.17) is 11.6 Å². The zero-order valence-electron chi connectivity index (χ0n) is 10.9. The van der Waals surface area contributed by atoms with Crippen LogP contribution in [-0.4, -0.2) is 11.1 Å². The third kappa shape index (κ3) is 2.99. The Morgan fingerprint density at radius 3 is 2.55 bits per heavy atom. The topological polar surface area (TPSA) is 37.3 Å². The number of aryl methyl sites for hydroxylation is 1. The fourth-order valence-corrected chi connectivity index (χ4v) is 2.48. The van der Waals surface area contributed by atoms with Gasteiger partial charge in [-0.1, -0.05) is 41.9 Å². The molecule has 0 heterocycles. The van der Waals surface area contributed by atoms with Crippen LogP contribution in [0.1, 0.15) is 22.6 Å². The second kappa shape index (κ2) is 6.06. The minimum atomic E-state index is -0.987. The van der Waals surface area contributed by atoms with E-state index in [1.807, 2.05) is 19.1 Å². The highest BCUT2D eigenvalue weighted by atomic mass is 35.5. The van der Waals surface area contributed by atoms with Gasteiger partial charge in [0.15, 0.2) is 0 Å². The van der Waals surface area contributed by atoms with E-state index >= 15 is 0 Å². The summed E-state index contributed by atoms with van der Waals surface area (Å²) < 4.78 is 13.8. The lowest BCUT2D eigenvalue weighted by Gasteiger charge is -2.16. The van der Waals surface area contributed by atoms with Crippen LogP contribution in [0.4, 0.5) is 4.39 Å². The zero-order valence-corrected chi connectivity index (χ0v) is 11.7. The maximum atomic E-state index is 13.8. The van der Waals surface area contributed by atoms with E-state index in [9.17, 15) is 14.3 Å². The fraction of sp³-hybridized carbons (Fsp3) is 0.188. The molecule has 0 aliphatic rings. The molecule has 20 heavy (non-hydrogen) atoms. The van der Waals surface area contributed by atoms with Crippen LogP contribution in [0.15, 0.2) is 42.5 Å². The average Bonchev–Trinajstić information content (AvgIpc) is 2.39. The Morgan fingerprint density at radius 2 is 1.95 bits per heavy atom. The monoisotopic (exact) mass is 292 g/mol. The third-order valence-electron chi connectivity index (χ3n) is 3.33. The maximum Gasteiger partial charge on any atom is 0.311 e. The van der Waals surface area contributed by atoms with Gasteiger partial charge in [0, 0.05) is 10.6 Å². The van der Waals surface area contributed by atoms with E-state index in [0.29, 0.717) is 5.56 Å². The van der Waals surface area contributed by atoms with Crippen molar-refractivity contribution in [1.29, 1.82) is 0 Å². The van der Waals surface area contributed by atoms with Crippen LogP contribution < -0.4 is 0 Å². The summed E-state index contributed by atoms with van der Waals surface area (Å²) in [6, 6.07) is 11.6. The van der Waals surface area contributed by atoms with Crippen LogP contribution in [0, 0.1) is 12.7 Å². The van der Waals surface area contributed by atoms with Gasteiger partial charge in [-0.2, -0.15) is 0 Å². The highest BCUT2D eigenvalue weighted by Crippen LogP contribution is 2.29. The number of halogens is 2. The van der Waals surface area contributed by atoms with E-state index in [1.165, 1.54) is 12.1 Å². The predicted octanol–water partition coefficient (Wildman–Crippen LogP) is 4.20. The predicted molar refractivity (Wildman–Crippen MR) is 76.7 cm³/mol. The van der Waals surface area contributed by atoms with Crippen molar-refractivity contribution in [2.75, 3.05) is 0 Å². The molecule has 0 bridgehead atoms. The van der Waals surface area contributed by atoms with Crippen molar-refractivity contribution in [1.82, 2.24) is 0 Å². The molecule has 0 aromatic heterocycles. The van der Waals surface area contributed by atoms with Crippen LogP contribution in [-0.2, 0) is 11.2 Å². The first-order chi connectivity index (χ1) is 9.50. The standard InChI is InChI=1S/C16H14ClFO2/c1-10-5-2-3-6-11(10)12(16(19)20)9-13-14(17)7-4-8-15(13)18/h2-8,12H,9H2,1H3,(H,19,20). The van der Waals surface area contributed by atoms with Gasteiger partial charge in [-0.15, -0.1) is 0 Å². The molecular formula is C16H14ClFO2. The largest absolute Gasteiger partial charge is 0.481 e. The quantitative estimate of drug-likeness (QED) is 0.917. The van der Waals surface area contributed by atoms with Gasteiger partial charge in [0.05, 0.1) is 5.92 Å². The Labute approximate surface area is 121 Å². The molecule has 0 aliphatic carbocycles. The lowest BCUT2D eigenvalue weighted by molar-refractivity contribution is -0.138. The molecule has 2 rings (SSSR count). The summed E-state index contributed by atoms with van der Waals surface area (Å²) in [4.78, 5) is 11.5. The number of rotatable bonds is 4. The third-order valence-corrected chi connectivity index (χ3v) is 3.69. The zero-order chi connectivity index (χ0) is 14.7. The minimum Gasteiger partial charge on any atom is -0.481 e. The average molecular weight is 293 g/mol. The van der Waals surface area contributed by atoms with Crippen LogP contribution in [0.3, 0.4) is 0 Å². The van der Waals surface area contributed by atoms with Crippen molar-refractivity contribution in [3.8, 4) is 0 Å². The molecule has 0 saturated heterocycles. The van der Waals surface area contributed by atoms with E-state index in [0.717, 1.165) is 5.56 Å². The first-order valence-corrected chi connectivity index (χ1v) is 6.59. The summed E-state index contributed by atoms with van der Waals surface area (Å²) in [5, 5.41) is 9.68. The minimum absolute atomic E-state index is 0.0334. The summed E-state index contributed by atoms with van der Waals surface area (Å²) >= 11 is 5.97. The van der Waals surface area contributed by atoms with Crippen LogP contribution in [0.25, 0.3) is 0 Å². The van der Waals surface area contributed by atoms with Crippen LogP contribution in [0.2, 0.25) is 5.02 Å². The van der Waals surface area contributed by atoms with Crippen LogP contribution in [0.5, 0.6) is 0 Å². The summed E-state index contributed by atoms with van der Waals surface area (Å²) in [6.07, 6.45) is 0.0334. The SMILES string of the molecule is Cc1ccccc1C(Cc1c(F)cccc1Cl)C(=O)O. The molecule has 1 unspecified atom stereocenters. The Kier molecular flexibility index (Phi) is 4.40. The molecule has 1 N–H and O–H groups in total. The molecule has 0 spiro atoms. The lowest BCUT2D eigenvalue weighted by atomic mass is 9.89. The number of hydrogen-bond donors (Lipinski definition) is 1. The van der Waals surface area contributed by atoms with E-state index in [-0.39, 0.29) is 17.0 Å². The summed E-state index contributed by atoms with van der Waals surface area (Å²) in [7, 11) is 0. The normalized spacial score (nSPS) is 12.2. The molecule has 1 atom stereocenters. The molecule has 0 saturated carbocycles. The smallest absolute Gasteiger partial charge is 0.311 e. The molecule has 104 valence electrons. The molecule has 2 nitrogen and oxygen atoms in total. The summed E-state index contributed by atoms with van der Waals surface area (Å²) in [5.41, 5.74) is 1.79. The molecule has 4 heteroatoms. The van der Waals surface area contributed by atoms with Gasteiger partial charge in [0.1, 0.15) is 5.82 Å². The van der Waals surface area contributed by atoms with E-state index < -0.39 is 17.7 Å². The Morgan fingerprint density at radius 1 is 1.25 bits per heavy atom. The van der Waals surface area contributed by atoms with Gasteiger partial charge in [-0.05, 0) is 36.6 Å². The van der Waals surface area contributed by atoms with Crippen molar-refractivity contribution in [2.45, 2.75) is 19.3 Å². The highest BCUT2D eigenvalue weighted by Gasteiger charge is 2.24. The number of aliphatic carboxylic acids is 1. The first-order valence-electron chi connectivity index (χ1n) is 6.22. The molecule has 0 amide bonds. The molecular weight excluding hydrogens is 279 g/mol. The number of hydrogen-bond acceptors (Lipinski definition) is 1. The Balaban J connectivity index is 2.42. The number of carboxylic acids is 1. The first kappa shape index (κ1) is 14.5. The van der Waals surface area contributed by atoms with Gasteiger partial charge in [-0.3, -0.25) is 4.79 Å². The van der Waals surface area contributed by atoms with E-state index in [1.54, 1.807) is 18.2 Å². The van der Waals surface area contributed by atoms with Gasteiger partial charge in [-0.25, -0.2) is 4.39 Å². The van der Waals surface area contributed by atoms with Crippen molar-refractivity contribution < 1.29 is 14.3 Å². The second-order valence-corrected chi connectivity index (χ2v) is 5.06. The van der Waals surface area contributed by atoms with Gasteiger partial charge < -0.3 is 5.11 Å². The van der Waals surface area contributed by atoms with E-state index in [2.05, 4.69) is 0 Å².